The summed E-state index contributed by atoms with van der Waals surface area (Å²) in [6, 6.07) is 9.63. The number of benzene rings is 2. The molecule has 304 valence electrons. The molecular formula is C43H48N6O9. The molecular weight excluding hydrogens is 745 g/mol. The lowest BCUT2D eigenvalue weighted by molar-refractivity contribution is -0.189. The Kier molecular flexibility index (Phi) is 10.3. The van der Waals surface area contributed by atoms with Crippen LogP contribution in [0, 0.1) is 0 Å². The van der Waals surface area contributed by atoms with E-state index in [-0.39, 0.29) is 46.4 Å². The highest BCUT2D eigenvalue weighted by atomic mass is 16.5. The van der Waals surface area contributed by atoms with E-state index in [0.29, 0.717) is 42.9 Å². The van der Waals surface area contributed by atoms with Crippen LogP contribution in [0.5, 0.6) is 17.2 Å². The second-order valence-electron chi connectivity index (χ2n) is 16.1. The quantitative estimate of drug-likeness (QED) is 0.0853. The van der Waals surface area contributed by atoms with Gasteiger partial charge in [-0.15, -0.1) is 0 Å². The molecule has 2 aromatic heterocycles. The molecule has 4 amide bonds. The number of nitrogens with zero attached hydrogens (tertiary/aromatic N) is 4. The van der Waals surface area contributed by atoms with Gasteiger partial charge in [-0.3, -0.25) is 49.4 Å². The third-order valence-electron chi connectivity index (χ3n) is 12.4. The fourth-order valence-electron chi connectivity index (χ4n) is 9.36. The van der Waals surface area contributed by atoms with Crippen molar-refractivity contribution in [1.82, 2.24) is 30.0 Å². The zero-order chi connectivity index (χ0) is 40.9. The maximum Gasteiger partial charge on any atom is 0.266 e. The fourth-order valence-corrected chi connectivity index (χ4v) is 9.36. The number of nitrogens with one attached hydrogen (secondary N) is 2. The van der Waals surface area contributed by atoms with Crippen LogP contribution in [0.15, 0.2) is 59.8 Å². The number of aromatic nitrogens is 2. The van der Waals surface area contributed by atoms with Crippen LogP contribution in [0.25, 0.3) is 21.9 Å². The summed E-state index contributed by atoms with van der Waals surface area (Å²) in [5.41, 5.74) is 2.83. The van der Waals surface area contributed by atoms with E-state index in [1.54, 1.807) is 56.4 Å². The minimum atomic E-state index is -1.03. The summed E-state index contributed by atoms with van der Waals surface area (Å²) in [5, 5.41) is 18.0. The highest BCUT2D eigenvalue weighted by Crippen LogP contribution is 2.64. The van der Waals surface area contributed by atoms with Crippen LogP contribution in [0.3, 0.4) is 0 Å². The summed E-state index contributed by atoms with van der Waals surface area (Å²) in [5.74, 6) is -0.554. The molecule has 15 nitrogen and oxygen atoms in total. The van der Waals surface area contributed by atoms with Crippen LogP contribution in [0.4, 0.5) is 0 Å². The van der Waals surface area contributed by atoms with Crippen molar-refractivity contribution >= 4 is 34.4 Å². The van der Waals surface area contributed by atoms with Gasteiger partial charge in [0.05, 0.1) is 42.9 Å². The number of aryl methyl sites for hydroxylation is 1. The third kappa shape index (κ3) is 6.80. The Labute approximate surface area is 335 Å². The van der Waals surface area contributed by atoms with E-state index in [1.807, 2.05) is 24.4 Å². The predicted octanol–water partition coefficient (Wildman–Crippen LogP) is 3.67. The maximum absolute atomic E-state index is 13.3. The van der Waals surface area contributed by atoms with E-state index in [4.69, 9.17) is 14.2 Å². The van der Waals surface area contributed by atoms with Crippen LogP contribution in [-0.2, 0) is 23.2 Å². The molecule has 58 heavy (non-hydrogen) atoms. The summed E-state index contributed by atoms with van der Waals surface area (Å²) >= 11 is 0. The fraction of sp³-hybridized carbons (Fsp3) is 0.442. The van der Waals surface area contributed by atoms with Crippen molar-refractivity contribution < 1.29 is 38.5 Å². The number of ether oxygens (including phenoxy) is 3. The number of aliphatic hydroxyl groups is 1. The Morgan fingerprint density at radius 1 is 0.966 bits per heavy atom. The van der Waals surface area contributed by atoms with Crippen molar-refractivity contribution in [1.29, 1.82) is 0 Å². The van der Waals surface area contributed by atoms with Gasteiger partial charge in [0.2, 0.25) is 11.8 Å². The smallest absolute Gasteiger partial charge is 0.266 e. The molecule has 2 unspecified atom stereocenters. The van der Waals surface area contributed by atoms with Crippen LogP contribution >= 0.6 is 0 Å². The van der Waals surface area contributed by atoms with Gasteiger partial charge in [0, 0.05) is 55.2 Å². The van der Waals surface area contributed by atoms with Gasteiger partial charge in [-0.25, -0.2) is 0 Å². The SMILES string of the molecule is COc1cc(-c2cn(C)c(=O)c3cnccc23)cc(OC)c1CN(C)C12CC(NC(O)CCCCCOc3cccc4c3C(=O)N(C3CCC(=O)NC3=O)C4=O)(C1)C2. The van der Waals surface area contributed by atoms with Crippen LogP contribution in [0.2, 0.25) is 0 Å². The molecule has 1 saturated heterocycles. The number of fused-ring (bicyclic) bond motifs is 2. The normalized spacial score (nSPS) is 22.7. The Morgan fingerprint density at radius 2 is 1.71 bits per heavy atom. The van der Waals surface area contributed by atoms with E-state index < -0.39 is 35.9 Å². The van der Waals surface area contributed by atoms with Crippen LogP contribution in [-0.4, -0.2) is 99.3 Å². The number of pyridine rings is 2. The summed E-state index contributed by atoms with van der Waals surface area (Å²) in [4.78, 5) is 70.7. The van der Waals surface area contributed by atoms with E-state index >= 15 is 0 Å². The topological polar surface area (TPSA) is 182 Å². The van der Waals surface area contributed by atoms with Crippen LogP contribution in [0.1, 0.15) is 84.1 Å². The number of unbranched alkanes of at least 4 members (excludes halogenated alkanes) is 2. The Balaban J connectivity index is 0.806. The van der Waals surface area contributed by atoms with Gasteiger partial charge < -0.3 is 23.9 Å². The molecule has 0 spiro atoms. The number of amides is 4. The molecule has 4 fully saturated rings. The summed E-state index contributed by atoms with van der Waals surface area (Å²) in [6.07, 6.45) is 10.2. The molecule has 3 N–H and O–H groups in total. The number of carbonyl (C=O) groups is 4. The van der Waals surface area contributed by atoms with E-state index in [0.717, 1.165) is 59.1 Å². The average molecular weight is 793 g/mol. The summed E-state index contributed by atoms with van der Waals surface area (Å²) in [6.45, 7) is 0.929. The van der Waals surface area contributed by atoms with Crippen molar-refractivity contribution in [3.05, 3.63) is 82.0 Å². The highest BCUT2D eigenvalue weighted by Gasteiger charge is 2.69. The molecule has 2 aliphatic heterocycles. The van der Waals surface area contributed by atoms with Gasteiger partial charge in [0.1, 0.15) is 29.5 Å². The summed E-state index contributed by atoms with van der Waals surface area (Å²) < 4.78 is 19.4. The van der Waals surface area contributed by atoms with Crippen molar-refractivity contribution in [3.8, 4) is 28.4 Å². The molecule has 2 bridgehead atoms. The lowest BCUT2D eigenvalue weighted by Crippen LogP contribution is -2.83. The Bertz CT molecular complexity index is 2350. The first-order valence-electron chi connectivity index (χ1n) is 19.7. The van der Waals surface area contributed by atoms with Gasteiger partial charge in [-0.2, -0.15) is 0 Å². The average Bonchev–Trinajstić information content (AvgIpc) is 3.44. The van der Waals surface area contributed by atoms with Crippen molar-refractivity contribution in [2.45, 2.75) is 87.7 Å². The lowest BCUT2D eigenvalue weighted by Gasteiger charge is -2.74. The third-order valence-corrected chi connectivity index (χ3v) is 12.4. The van der Waals surface area contributed by atoms with E-state index in [9.17, 15) is 29.1 Å². The number of methoxy groups -OCH3 is 2. The first-order valence-corrected chi connectivity index (χ1v) is 19.7. The number of aliphatic hydroxyl groups excluding tert-OH is 1. The van der Waals surface area contributed by atoms with Crippen molar-refractivity contribution in [3.63, 3.8) is 0 Å². The van der Waals surface area contributed by atoms with Crippen LogP contribution < -0.4 is 30.4 Å². The molecule has 4 aromatic rings. The largest absolute Gasteiger partial charge is 0.496 e. The molecule has 2 atom stereocenters. The zero-order valence-corrected chi connectivity index (χ0v) is 33.1. The second-order valence-corrected chi connectivity index (χ2v) is 16.1. The standard InChI is InChI=1S/C43H48N6O9/c1-47-20-29(26-14-15-44-19-28(26)39(47)53)25-17-33(56-3)30(34(18-25)57-4)21-48(2)43-22-42(23-43,24-43)46-36(51)11-6-5-7-16-58-32-10-8-9-27-37(32)41(55)49(40(27)54)31-12-13-35(50)45-38(31)52/h8-10,14-15,17-20,31,36,46,51H,5-7,11-13,16,21-24H2,1-4H3,(H,45,50,52). The lowest BCUT2D eigenvalue weighted by atomic mass is 9.43. The van der Waals surface area contributed by atoms with Gasteiger partial charge >= 0.3 is 0 Å². The first-order chi connectivity index (χ1) is 27.9. The van der Waals surface area contributed by atoms with Gasteiger partial charge in [0.25, 0.3) is 17.4 Å². The van der Waals surface area contributed by atoms with E-state index in [2.05, 4.69) is 27.6 Å². The molecule has 4 heterocycles. The minimum Gasteiger partial charge on any atom is -0.496 e. The Morgan fingerprint density at radius 3 is 2.41 bits per heavy atom. The molecule has 5 aliphatic rings. The molecule has 3 aliphatic carbocycles. The molecule has 0 radical (unpaired) electrons. The highest BCUT2D eigenvalue weighted by molar-refractivity contribution is 6.24. The van der Waals surface area contributed by atoms with E-state index in [1.165, 1.54) is 0 Å². The molecule has 15 heteroatoms. The van der Waals surface area contributed by atoms with Gasteiger partial charge in [-0.05, 0) is 99.7 Å². The second kappa shape index (κ2) is 15.3. The monoisotopic (exact) mass is 792 g/mol. The molecule has 2 aromatic carbocycles. The number of piperidine rings is 1. The van der Waals surface area contributed by atoms with Gasteiger partial charge in [-0.1, -0.05) is 6.07 Å². The first kappa shape index (κ1) is 39.2. The number of hydrogen-bond donors (Lipinski definition) is 3. The van der Waals surface area contributed by atoms with Crippen molar-refractivity contribution in [2.75, 3.05) is 27.9 Å². The number of imide groups is 2. The Hall–Kier alpha value is -5.64. The molecule has 3 saturated carbocycles. The summed E-state index contributed by atoms with van der Waals surface area (Å²) in [7, 11) is 7.15. The molecule has 9 rings (SSSR count). The maximum atomic E-state index is 13.3. The number of hydrogen-bond acceptors (Lipinski definition) is 12. The van der Waals surface area contributed by atoms with Gasteiger partial charge in [0.15, 0.2) is 0 Å². The predicted molar refractivity (Wildman–Crippen MR) is 213 cm³/mol. The zero-order valence-electron chi connectivity index (χ0n) is 33.1. The minimum absolute atomic E-state index is 0.0160. The van der Waals surface area contributed by atoms with Crippen molar-refractivity contribution in [2.24, 2.45) is 7.05 Å². The number of rotatable bonds is 16. The number of carbonyl (C=O) groups excluding carboxylic acids is 4.